The summed E-state index contributed by atoms with van der Waals surface area (Å²) < 4.78 is 5.52. The minimum Gasteiger partial charge on any atom is -0.479 e. The van der Waals surface area contributed by atoms with Crippen molar-refractivity contribution in [2.24, 2.45) is 5.92 Å². The number of carbonyl (C=O) groups is 1. The maximum Gasteiger partial charge on any atom is 0.260 e. The molecular formula is C14H18Cl2N2O3. The van der Waals surface area contributed by atoms with E-state index in [1.165, 1.54) is 0 Å². The Bertz CT molecular complexity index is 513. The first-order chi connectivity index (χ1) is 9.99. The number of aliphatic hydroxyl groups excluding tert-OH is 1. The molecule has 1 heterocycles. The van der Waals surface area contributed by atoms with Crippen molar-refractivity contribution >= 4 is 29.1 Å². The molecular weight excluding hydrogens is 315 g/mol. The molecule has 3 N–H and O–H groups in total. The largest absolute Gasteiger partial charge is 0.479 e. The fourth-order valence-corrected chi connectivity index (χ4v) is 2.46. The summed E-state index contributed by atoms with van der Waals surface area (Å²) in [4.78, 5) is 12.0. The summed E-state index contributed by atoms with van der Waals surface area (Å²) in [5, 5.41) is 16.2. The van der Waals surface area contributed by atoms with Crippen molar-refractivity contribution in [3.63, 3.8) is 0 Å². The van der Waals surface area contributed by atoms with Crippen LogP contribution >= 0.6 is 23.2 Å². The van der Waals surface area contributed by atoms with Crippen LogP contribution in [-0.4, -0.2) is 42.9 Å². The van der Waals surface area contributed by atoms with Crippen molar-refractivity contribution in [1.29, 1.82) is 0 Å². The van der Waals surface area contributed by atoms with Crippen LogP contribution in [0, 0.1) is 5.92 Å². The Labute approximate surface area is 133 Å². The number of nitrogens with one attached hydrogen (secondary N) is 2. The van der Waals surface area contributed by atoms with E-state index < -0.39 is 12.2 Å². The molecule has 0 saturated carbocycles. The Kier molecular flexibility index (Phi) is 5.70. The van der Waals surface area contributed by atoms with E-state index in [0.717, 1.165) is 0 Å². The lowest BCUT2D eigenvalue weighted by Crippen LogP contribution is -2.41. The van der Waals surface area contributed by atoms with Gasteiger partial charge in [0.1, 0.15) is 10.8 Å². The standard InChI is InChI=1S/C14H18Cl2N2O3/c1-8(21-12-4-2-3-10(15)13(12)16)14(20)18-6-9-5-17-7-11(9)19/h2-4,8-9,11,17,19H,5-7H2,1H3,(H,18,20). The van der Waals surface area contributed by atoms with Crippen molar-refractivity contribution in [2.45, 2.75) is 19.1 Å². The van der Waals surface area contributed by atoms with Gasteiger partial charge in [-0.25, -0.2) is 0 Å². The monoisotopic (exact) mass is 332 g/mol. The molecule has 0 radical (unpaired) electrons. The van der Waals surface area contributed by atoms with E-state index in [-0.39, 0.29) is 16.8 Å². The number of carbonyl (C=O) groups excluding carboxylic acids is 1. The molecule has 1 amide bonds. The molecule has 1 aliphatic rings. The van der Waals surface area contributed by atoms with E-state index in [0.29, 0.717) is 30.4 Å². The maximum absolute atomic E-state index is 12.0. The van der Waals surface area contributed by atoms with E-state index in [4.69, 9.17) is 27.9 Å². The van der Waals surface area contributed by atoms with Crippen molar-refractivity contribution in [1.82, 2.24) is 10.6 Å². The Morgan fingerprint density at radius 1 is 1.52 bits per heavy atom. The van der Waals surface area contributed by atoms with Crippen LogP contribution in [0.3, 0.4) is 0 Å². The summed E-state index contributed by atoms with van der Waals surface area (Å²) in [6.07, 6.45) is -1.13. The molecule has 0 bridgehead atoms. The minimum absolute atomic E-state index is 0.0240. The Balaban J connectivity index is 1.86. The molecule has 116 valence electrons. The summed E-state index contributed by atoms with van der Waals surface area (Å²) >= 11 is 11.9. The molecule has 3 atom stereocenters. The number of rotatable bonds is 5. The van der Waals surface area contributed by atoms with Gasteiger partial charge >= 0.3 is 0 Å². The lowest BCUT2D eigenvalue weighted by atomic mass is 10.1. The number of hydrogen-bond acceptors (Lipinski definition) is 4. The lowest BCUT2D eigenvalue weighted by Gasteiger charge is -2.18. The van der Waals surface area contributed by atoms with Crippen LogP contribution < -0.4 is 15.4 Å². The zero-order valence-electron chi connectivity index (χ0n) is 11.6. The molecule has 1 aromatic carbocycles. The number of β-amino-alcohol motifs (C(OH)–C–C–N with tert-alkyl or cyclic N) is 1. The number of benzene rings is 1. The van der Waals surface area contributed by atoms with Crippen molar-refractivity contribution in [2.75, 3.05) is 19.6 Å². The van der Waals surface area contributed by atoms with Gasteiger partial charge in [0.25, 0.3) is 5.91 Å². The van der Waals surface area contributed by atoms with Gasteiger partial charge in [0.2, 0.25) is 0 Å². The highest BCUT2D eigenvalue weighted by molar-refractivity contribution is 6.42. The summed E-state index contributed by atoms with van der Waals surface area (Å²) in [5.41, 5.74) is 0. The van der Waals surface area contributed by atoms with Gasteiger partial charge in [0.05, 0.1) is 11.1 Å². The highest BCUT2D eigenvalue weighted by Gasteiger charge is 2.26. The molecule has 5 nitrogen and oxygen atoms in total. The summed E-state index contributed by atoms with van der Waals surface area (Å²) in [5.74, 6) is 0.135. The van der Waals surface area contributed by atoms with E-state index >= 15 is 0 Å². The van der Waals surface area contributed by atoms with Crippen LogP contribution in [0.2, 0.25) is 10.0 Å². The van der Waals surface area contributed by atoms with E-state index in [9.17, 15) is 9.90 Å². The van der Waals surface area contributed by atoms with Gasteiger partial charge in [-0.3, -0.25) is 4.79 Å². The lowest BCUT2D eigenvalue weighted by molar-refractivity contribution is -0.127. The highest BCUT2D eigenvalue weighted by Crippen LogP contribution is 2.32. The molecule has 1 aliphatic heterocycles. The van der Waals surface area contributed by atoms with Crippen LogP contribution in [-0.2, 0) is 4.79 Å². The second-order valence-electron chi connectivity index (χ2n) is 5.04. The first-order valence-electron chi connectivity index (χ1n) is 6.76. The van der Waals surface area contributed by atoms with Crippen molar-refractivity contribution < 1.29 is 14.6 Å². The maximum atomic E-state index is 12.0. The molecule has 1 fully saturated rings. The molecule has 1 saturated heterocycles. The fourth-order valence-electron chi connectivity index (χ4n) is 2.12. The topological polar surface area (TPSA) is 70.6 Å². The summed E-state index contributed by atoms with van der Waals surface area (Å²) in [6, 6.07) is 5.01. The predicted molar refractivity (Wildman–Crippen MR) is 81.9 cm³/mol. The average Bonchev–Trinajstić information content (AvgIpc) is 2.86. The van der Waals surface area contributed by atoms with Crippen LogP contribution in [0.25, 0.3) is 0 Å². The molecule has 0 spiro atoms. The fraction of sp³-hybridized carbons (Fsp3) is 0.500. The van der Waals surface area contributed by atoms with E-state index in [1.807, 2.05) is 0 Å². The first kappa shape index (κ1) is 16.4. The minimum atomic E-state index is -0.701. The molecule has 3 unspecified atom stereocenters. The van der Waals surface area contributed by atoms with Crippen LogP contribution in [0.5, 0.6) is 5.75 Å². The van der Waals surface area contributed by atoms with Crippen LogP contribution in [0.4, 0.5) is 0 Å². The van der Waals surface area contributed by atoms with Gasteiger partial charge in [0.15, 0.2) is 6.10 Å². The van der Waals surface area contributed by atoms with E-state index in [1.54, 1.807) is 25.1 Å². The van der Waals surface area contributed by atoms with Gasteiger partial charge in [0, 0.05) is 25.6 Å². The van der Waals surface area contributed by atoms with Crippen LogP contribution in [0.15, 0.2) is 18.2 Å². The normalized spacial score (nSPS) is 22.9. The Hall–Kier alpha value is -1.01. The van der Waals surface area contributed by atoms with Gasteiger partial charge < -0.3 is 20.5 Å². The van der Waals surface area contributed by atoms with Crippen molar-refractivity contribution in [3.8, 4) is 5.75 Å². The summed E-state index contributed by atoms with van der Waals surface area (Å²) in [6.45, 7) is 3.29. The molecule has 7 heteroatoms. The zero-order chi connectivity index (χ0) is 15.4. The smallest absolute Gasteiger partial charge is 0.260 e. The molecule has 0 aromatic heterocycles. The Morgan fingerprint density at radius 2 is 2.29 bits per heavy atom. The van der Waals surface area contributed by atoms with E-state index in [2.05, 4.69) is 10.6 Å². The average molecular weight is 333 g/mol. The van der Waals surface area contributed by atoms with Gasteiger partial charge in [-0.15, -0.1) is 0 Å². The number of ether oxygens (including phenoxy) is 1. The van der Waals surface area contributed by atoms with Gasteiger partial charge in [-0.05, 0) is 19.1 Å². The van der Waals surface area contributed by atoms with Crippen LogP contribution in [0.1, 0.15) is 6.92 Å². The third-order valence-electron chi connectivity index (χ3n) is 3.43. The summed E-state index contributed by atoms with van der Waals surface area (Å²) in [7, 11) is 0. The number of aliphatic hydroxyl groups is 1. The highest BCUT2D eigenvalue weighted by atomic mass is 35.5. The molecule has 0 aliphatic carbocycles. The molecule has 21 heavy (non-hydrogen) atoms. The zero-order valence-corrected chi connectivity index (χ0v) is 13.1. The second-order valence-corrected chi connectivity index (χ2v) is 5.83. The quantitative estimate of drug-likeness (QED) is 0.763. The van der Waals surface area contributed by atoms with Gasteiger partial charge in [-0.1, -0.05) is 29.3 Å². The number of amides is 1. The third-order valence-corrected chi connectivity index (χ3v) is 4.23. The van der Waals surface area contributed by atoms with Gasteiger partial charge in [-0.2, -0.15) is 0 Å². The SMILES string of the molecule is CC(Oc1cccc(Cl)c1Cl)C(=O)NCC1CNCC1O. The molecule has 2 rings (SSSR count). The third kappa shape index (κ3) is 4.23. The van der Waals surface area contributed by atoms with Crippen molar-refractivity contribution in [3.05, 3.63) is 28.2 Å². The Morgan fingerprint density at radius 3 is 2.95 bits per heavy atom. The number of hydrogen-bond donors (Lipinski definition) is 3. The second kappa shape index (κ2) is 7.31. The first-order valence-corrected chi connectivity index (χ1v) is 7.51. The predicted octanol–water partition coefficient (Wildman–Crippen LogP) is 1.46. The number of halogens is 2. The molecule has 1 aromatic rings.